The van der Waals surface area contributed by atoms with Crippen LogP contribution in [0.3, 0.4) is 0 Å². The fourth-order valence-corrected chi connectivity index (χ4v) is 3.96. The number of fused-ring (bicyclic) bond motifs is 1. The first kappa shape index (κ1) is 18.5. The minimum atomic E-state index is -0.316. The summed E-state index contributed by atoms with van der Waals surface area (Å²) in [5, 5.41) is 0. The van der Waals surface area contributed by atoms with Gasteiger partial charge in [-0.05, 0) is 43.4 Å². The Kier molecular flexibility index (Phi) is 5.60. The normalized spacial score (nSPS) is 18.1. The van der Waals surface area contributed by atoms with E-state index in [1.165, 1.54) is 0 Å². The number of ketones is 1. The number of ether oxygens (including phenoxy) is 2. The largest absolute Gasteiger partial charge is 0.486 e. The number of hydrogen-bond donors (Lipinski definition) is 0. The lowest BCUT2D eigenvalue weighted by atomic mass is 10.0. The molecule has 2 aliphatic rings. The molecule has 5 heteroatoms. The zero-order valence-corrected chi connectivity index (χ0v) is 15.9. The SMILES string of the molecule is O=C(c1ccccc1)C1CCCN1C(=O)CCCc1ccc2c(c1)OCCO2. The van der Waals surface area contributed by atoms with E-state index in [0.717, 1.165) is 42.7 Å². The highest BCUT2D eigenvalue weighted by Crippen LogP contribution is 2.31. The lowest BCUT2D eigenvalue weighted by Crippen LogP contribution is -2.40. The van der Waals surface area contributed by atoms with Crippen LogP contribution in [-0.4, -0.2) is 42.4 Å². The zero-order chi connectivity index (χ0) is 19.3. The maximum atomic E-state index is 12.8. The van der Waals surface area contributed by atoms with Gasteiger partial charge in [-0.15, -0.1) is 0 Å². The van der Waals surface area contributed by atoms with Gasteiger partial charge in [-0.1, -0.05) is 36.4 Å². The fraction of sp³-hybridized carbons (Fsp3) is 0.391. The predicted octanol–water partition coefficient (Wildman–Crippen LogP) is 3.65. The highest BCUT2D eigenvalue weighted by molar-refractivity contribution is 6.02. The Labute approximate surface area is 165 Å². The van der Waals surface area contributed by atoms with Crippen molar-refractivity contribution >= 4 is 11.7 Å². The van der Waals surface area contributed by atoms with E-state index in [1.807, 2.05) is 48.5 Å². The van der Waals surface area contributed by atoms with Crippen LogP contribution < -0.4 is 9.47 Å². The van der Waals surface area contributed by atoms with Crippen molar-refractivity contribution in [2.45, 2.75) is 38.1 Å². The van der Waals surface area contributed by atoms with Crippen molar-refractivity contribution in [1.82, 2.24) is 4.90 Å². The van der Waals surface area contributed by atoms with Crippen molar-refractivity contribution in [3.8, 4) is 11.5 Å². The van der Waals surface area contributed by atoms with Gasteiger partial charge in [-0.25, -0.2) is 0 Å². The number of carbonyl (C=O) groups is 2. The minimum Gasteiger partial charge on any atom is -0.486 e. The van der Waals surface area contributed by atoms with Gasteiger partial charge in [-0.3, -0.25) is 9.59 Å². The summed E-state index contributed by atoms with van der Waals surface area (Å²) in [6.45, 7) is 1.83. The Hall–Kier alpha value is -2.82. The van der Waals surface area contributed by atoms with Crippen LogP contribution in [0.4, 0.5) is 0 Å². The Morgan fingerprint density at radius 1 is 1.00 bits per heavy atom. The predicted molar refractivity (Wildman–Crippen MR) is 106 cm³/mol. The van der Waals surface area contributed by atoms with E-state index < -0.39 is 0 Å². The minimum absolute atomic E-state index is 0.0540. The molecular weight excluding hydrogens is 354 g/mol. The number of aryl methyl sites for hydroxylation is 1. The summed E-state index contributed by atoms with van der Waals surface area (Å²) in [5.74, 6) is 1.69. The first-order chi connectivity index (χ1) is 13.7. The van der Waals surface area contributed by atoms with Crippen molar-refractivity contribution in [2.75, 3.05) is 19.8 Å². The average Bonchev–Trinajstić information content (AvgIpc) is 3.24. The third kappa shape index (κ3) is 4.03. The van der Waals surface area contributed by atoms with E-state index in [2.05, 4.69) is 0 Å². The number of nitrogens with zero attached hydrogens (tertiary/aromatic N) is 1. The van der Waals surface area contributed by atoms with Crippen molar-refractivity contribution in [2.24, 2.45) is 0 Å². The molecule has 0 spiro atoms. The van der Waals surface area contributed by atoms with Gasteiger partial charge in [0.15, 0.2) is 17.3 Å². The number of rotatable bonds is 6. The molecular formula is C23H25NO4. The number of amides is 1. The average molecular weight is 379 g/mol. The quantitative estimate of drug-likeness (QED) is 0.719. The molecule has 1 amide bonds. The highest BCUT2D eigenvalue weighted by atomic mass is 16.6. The lowest BCUT2D eigenvalue weighted by Gasteiger charge is -2.24. The van der Waals surface area contributed by atoms with Gasteiger partial charge in [0.05, 0.1) is 6.04 Å². The van der Waals surface area contributed by atoms with Gasteiger partial charge in [0.25, 0.3) is 0 Å². The van der Waals surface area contributed by atoms with Gasteiger partial charge in [-0.2, -0.15) is 0 Å². The number of likely N-dealkylation sites (tertiary alicyclic amines) is 1. The Bertz CT molecular complexity index is 849. The zero-order valence-electron chi connectivity index (χ0n) is 15.9. The molecule has 0 aromatic heterocycles. The van der Waals surface area contributed by atoms with Crippen LogP contribution in [0, 0.1) is 0 Å². The number of Topliss-reactive ketones (excluding diaryl/α,β-unsaturated/α-hetero) is 1. The number of benzene rings is 2. The van der Waals surface area contributed by atoms with Crippen molar-refractivity contribution in [3.63, 3.8) is 0 Å². The van der Waals surface area contributed by atoms with Crippen molar-refractivity contribution in [3.05, 3.63) is 59.7 Å². The van der Waals surface area contributed by atoms with Gasteiger partial charge in [0, 0.05) is 18.5 Å². The monoisotopic (exact) mass is 379 g/mol. The van der Waals surface area contributed by atoms with Crippen molar-refractivity contribution < 1.29 is 19.1 Å². The van der Waals surface area contributed by atoms with Crippen molar-refractivity contribution in [1.29, 1.82) is 0 Å². The Balaban J connectivity index is 1.32. The Morgan fingerprint density at radius 3 is 2.61 bits per heavy atom. The van der Waals surface area contributed by atoms with Crippen LogP contribution in [0.5, 0.6) is 11.5 Å². The molecule has 0 saturated carbocycles. The van der Waals surface area contributed by atoms with E-state index in [0.29, 0.717) is 31.7 Å². The molecule has 2 aromatic rings. The topological polar surface area (TPSA) is 55.8 Å². The van der Waals surface area contributed by atoms with E-state index in [-0.39, 0.29) is 17.7 Å². The van der Waals surface area contributed by atoms with Gasteiger partial charge in [0.2, 0.25) is 5.91 Å². The molecule has 4 rings (SSSR count). The lowest BCUT2D eigenvalue weighted by molar-refractivity contribution is -0.131. The molecule has 1 fully saturated rings. The van der Waals surface area contributed by atoms with Crippen LogP contribution in [0.25, 0.3) is 0 Å². The van der Waals surface area contributed by atoms with Crippen LogP contribution in [-0.2, 0) is 11.2 Å². The van der Waals surface area contributed by atoms with Crippen LogP contribution >= 0.6 is 0 Å². The summed E-state index contributed by atoms with van der Waals surface area (Å²) in [7, 11) is 0. The maximum Gasteiger partial charge on any atom is 0.223 e. The Morgan fingerprint density at radius 2 is 1.79 bits per heavy atom. The summed E-state index contributed by atoms with van der Waals surface area (Å²) in [4.78, 5) is 27.3. The molecule has 1 saturated heterocycles. The molecule has 1 atom stereocenters. The van der Waals surface area contributed by atoms with Crippen LogP contribution in [0.15, 0.2) is 48.5 Å². The number of hydrogen-bond acceptors (Lipinski definition) is 4. The van der Waals surface area contributed by atoms with Gasteiger partial charge >= 0.3 is 0 Å². The summed E-state index contributed by atoms with van der Waals surface area (Å²) >= 11 is 0. The first-order valence-electron chi connectivity index (χ1n) is 9.99. The second kappa shape index (κ2) is 8.46. The molecule has 28 heavy (non-hydrogen) atoms. The van der Waals surface area contributed by atoms with E-state index in [4.69, 9.17) is 9.47 Å². The molecule has 0 bridgehead atoms. The molecule has 5 nitrogen and oxygen atoms in total. The molecule has 2 aromatic carbocycles. The summed E-state index contributed by atoms with van der Waals surface area (Å²) in [6, 6.07) is 14.9. The molecule has 1 unspecified atom stereocenters. The van der Waals surface area contributed by atoms with Gasteiger partial charge in [0.1, 0.15) is 13.2 Å². The van der Waals surface area contributed by atoms with Gasteiger partial charge < -0.3 is 14.4 Å². The molecule has 2 aliphatic heterocycles. The van der Waals surface area contributed by atoms with Crippen LogP contribution in [0.2, 0.25) is 0 Å². The standard InChI is InChI=1S/C23H25NO4/c25-22(10-4-6-17-11-12-20-21(16-17)28-15-14-27-20)24-13-5-9-19(24)23(26)18-7-2-1-3-8-18/h1-3,7-8,11-12,16,19H,4-6,9-10,13-15H2. The summed E-state index contributed by atoms with van der Waals surface area (Å²) in [5.41, 5.74) is 1.82. The smallest absolute Gasteiger partial charge is 0.223 e. The molecule has 0 radical (unpaired) electrons. The van der Waals surface area contributed by atoms with E-state index in [9.17, 15) is 9.59 Å². The molecule has 0 aliphatic carbocycles. The second-order valence-electron chi connectivity index (χ2n) is 7.31. The third-order valence-corrected chi connectivity index (χ3v) is 5.40. The first-order valence-corrected chi connectivity index (χ1v) is 9.99. The van der Waals surface area contributed by atoms with Crippen LogP contribution in [0.1, 0.15) is 41.6 Å². The summed E-state index contributed by atoms with van der Waals surface area (Å²) in [6.07, 6.45) is 3.64. The summed E-state index contributed by atoms with van der Waals surface area (Å²) < 4.78 is 11.2. The highest BCUT2D eigenvalue weighted by Gasteiger charge is 2.33. The maximum absolute atomic E-state index is 12.8. The molecule has 0 N–H and O–H groups in total. The third-order valence-electron chi connectivity index (χ3n) is 5.40. The second-order valence-corrected chi connectivity index (χ2v) is 7.31. The number of carbonyl (C=O) groups excluding carboxylic acids is 2. The fourth-order valence-electron chi connectivity index (χ4n) is 3.96. The van der Waals surface area contributed by atoms with E-state index >= 15 is 0 Å². The molecule has 146 valence electrons. The molecule has 2 heterocycles. The van der Waals surface area contributed by atoms with E-state index in [1.54, 1.807) is 4.90 Å².